The Bertz CT molecular complexity index is 852. The number of aliphatic imine (C=N–C) groups is 1. The quantitative estimate of drug-likeness (QED) is 0.924. The normalized spacial score (nSPS) is 19.5. The smallest absolute Gasteiger partial charge is 0.272 e. The van der Waals surface area contributed by atoms with Gasteiger partial charge in [-0.05, 0) is 13.0 Å². The monoisotopic (exact) mass is 351 g/mol. The van der Waals surface area contributed by atoms with Crippen LogP contribution >= 0.6 is 0 Å². The maximum Gasteiger partial charge on any atom is 0.272 e. The molecule has 2 heterocycles. The van der Waals surface area contributed by atoms with Gasteiger partial charge in [0.1, 0.15) is 17.2 Å². The van der Waals surface area contributed by atoms with Gasteiger partial charge in [0.15, 0.2) is 0 Å². The third-order valence-electron chi connectivity index (χ3n) is 5.25. The Labute approximate surface area is 152 Å². The van der Waals surface area contributed by atoms with Crippen molar-refractivity contribution in [2.24, 2.45) is 4.99 Å². The third kappa shape index (κ3) is 3.27. The number of carbonyl (C=O) groups excluding carboxylic acids is 1. The zero-order valence-electron chi connectivity index (χ0n) is 14.8. The predicted molar refractivity (Wildman–Crippen MR) is 99.5 cm³/mol. The maximum absolute atomic E-state index is 13.9. The van der Waals surface area contributed by atoms with E-state index in [1.165, 1.54) is 6.07 Å². The van der Waals surface area contributed by atoms with Crippen LogP contribution in [-0.2, 0) is 11.3 Å². The van der Waals surface area contributed by atoms with Gasteiger partial charge < -0.3 is 5.32 Å². The molecule has 0 bridgehead atoms. The summed E-state index contributed by atoms with van der Waals surface area (Å²) in [6, 6.07) is 14.8. The van der Waals surface area contributed by atoms with Crippen LogP contribution in [0.4, 0.5) is 4.39 Å². The molecule has 2 aromatic carbocycles. The number of likely N-dealkylation sites (tertiary alicyclic amines) is 1. The summed E-state index contributed by atoms with van der Waals surface area (Å²) in [5.74, 6) is -0.266. The lowest BCUT2D eigenvalue weighted by molar-refractivity contribution is -0.115. The van der Waals surface area contributed by atoms with E-state index in [1.54, 1.807) is 6.07 Å². The molecule has 1 fully saturated rings. The highest BCUT2D eigenvalue weighted by Crippen LogP contribution is 2.29. The molecule has 0 saturated carbocycles. The first-order chi connectivity index (χ1) is 12.5. The highest BCUT2D eigenvalue weighted by atomic mass is 19.1. The van der Waals surface area contributed by atoms with Crippen LogP contribution in [-0.4, -0.2) is 35.3 Å². The first kappa shape index (κ1) is 16.9. The van der Waals surface area contributed by atoms with Gasteiger partial charge in [-0.2, -0.15) is 0 Å². The Morgan fingerprint density at radius 1 is 1.12 bits per heavy atom. The van der Waals surface area contributed by atoms with Gasteiger partial charge in [-0.15, -0.1) is 0 Å². The second-order valence-electron chi connectivity index (χ2n) is 7.18. The fourth-order valence-corrected chi connectivity index (χ4v) is 3.66. The van der Waals surface area contributed by atoms with Crippen LogP contribution in [0.2, 0.25) is 0 Å². The van der Waals surface area contributed by atoms with E-state index < -0.39 is 5.66 Å². The van der Waals surface area contributed by atoms with E-state index >= 15 is 0 Å². The van der Waals surface area contributed by atoms with Crippen LogP contribution in [0.3, 0.4) is 0 Å². The number of nitrogens with one attached hydrogen (secondary N) is 1. The average Bonchev–Trinajstić information content (AvgIpc) is 2.96. The van der Waals surface area contributed by atoms with E-state index in [0.29, 0.717) is 17.8 Å². The van der Waals surface area contributed by atoms with Gasteiger partial charge in [0.05, 0.1) is 0 Å². The van der Waals surface area contributed by atoms with Gasteiger partial charge in [0.2, 0.25) is 0 Å². The highest BCUT2D eigenvalue weighted by Gasteiger charge is 2.42. The minimum atomic E-state index is -0.511. The number of hydrogen-bond donors (Lipinski definition) is 1. The molecule has 2 aromatic rings. The Balaban J connectivity index is 1.46. The molecule has 1 amide bonds. The minimum absolute atomic E-state index is 0.101. The van der Waals surface area contributed by atoms with Crippen molar-refractivity contribution < 1.29 is 9.18 Å². The predicted octanol–water partition coefficient (Wildman–Crippen LogP) is 3.05. The summed E-state index contributed by atoms with van der Waals surface area (Å²) in [6.07, 6.45) is 1.48. The van der Waals surface area contributed by atoms with Crippen molar-refractivity contribution >= 4 is 11.6 Å². The first-order valence-corrected chi connectivity index (χ1v) is 9.00. The van der Waals surface area contributed by atoms with Crippen LogP contribution in [0.1, 0.15) is 29.5 Å². The molecule has 5 heteroatoms. The molecule has 0 atom stereocenters. The van der Waals surface area contributed by atoms with E-state index in [1.807, 2.05) is 43.3 Å². The summed E-state index contributed by atoms with van der Waals surface area (Å²) in [5, 5.41) is 3.08. The molecule has 0 unspecified atom stereocenters. The number of hydrogen-bond acceptors (Lipinski definition) is 3. The van der Waals surface area contributed by atoms with Gasteiger partial charge in [-0.1, -0.05) is 48.0 Å². The summed E-state index contributed by atoms with van der Waals surface area (Å²) < 4.78 is 13.9. The van der Waals surface area contributed by atoms with Crippen molar-refractivity contribution in [3.63, 3.8) is 0 Å². The SMILES string of the molecule is Cc1ccc(C2=NC3(CCN(Cc4ccccc4F)CC3)NC2=O)cc1. The molecule has 4 rings (SSSR count). The summed E-state index contributed by atoms with van der Waals surface area (Å²) >= 11 is 0. The number of nitrogens with zero attached hydrogens (tertiary/aromatic N) is 2. The van der Waals surface area contributed by atoms with Gasteiger partial charge in [-0.3, -0.25) is 14.7 Å². The third-order valence-corrected chi connectivity index (χ3v) is 5.25. The Morgan fingerprint density at radius 3 is 2.50 bits per heavy atom. The lowest BCUT2D eigenvalue weighted by Gasteiger charge is -2.37. The van der Waals surface area contributed by atoms with Crippen molar-refractivity contribution in [1.82, 2.24) is 10.2 Å². The second-order valence-corrected chi connectivity index (χ2v) is 7.18. The van der Waals surface area contributed by atoms with Crippen molar-refractivity contribution in [1.29, 1.82) is 0 Å². The zero-order chi connectivity index (χ0) is 18.1. The van der Waals surface area contributed by atoms with Crippen LogP contribution in [0.15, 0.2) is 53.5 Å². The number of carbonyl (C=O) groups is 1. The van der Waals surface area contributed by atoms with E-state index in [-0.39, 0.29) is 11.7 Å². The van der Waals surface area contributed by atoms with Crippen LogP contribution in [0.5, 0.6) is 0 Å². The maximum atomic E-state index is 13.9. The van der Waals surface area contributed by atoms with Crippen molar-refractivity contribution in [2.45, 2.75) is 32.0 Å². The number of benzene rings is 2. The zero-order valence-corrected chi connectivity index (χ0v) is 14.8. The molecule has 0 aliphatic carbocycles. The Kier molecular flexibility index (Phi) is 4.32. The number of piperidine rings is 1. The molecule has 26 heavy (non-hydrogen) atoms. The number of rotatable bonds is 3. The van der Waals surface area contributed by atoms with Crippen LogP contribution < -0.4 is 5.32 Å². The van der Waals surface area contributed by atoms with Crippen LogP contribution in [0.25, 0.3) is 0 Å². The molecule has 1 N–H and O–H groups in total. The molecular weight excluding hydrogens is 329 g/mol. The standard InChI is InChI=1S/C21H22FN3O/c1-15-6-8-16(9-7-15)19-20(26)24-21(23-19)10-12-25(13-11-21)14-17-4-2-3-5-18(17)22/h2-9H,10-14H2,1H3,(H,24,26). The van der Waals surface area contributed by atoms with Gasteiger partial charge in [0.25, 0.3) is 5.91 Å². The molecular formula is C21H22FN3O. The molecule has 2 aliphatic rings. The van der Waals surface area contributed by atoms with Crippen molar-refractivity contribution in [2.75, 3.05) is 13.1 Å². The van der Waals surface area contributed by atoms with Crippen LogP contribution in [0, 0.1) is 12.7 Å². The first-order valence-electron chi connectivity index (χ1n) is 9.00. The minimum Gasteiger partial charge on any atom is -0.326 e. The van der Waals surface area contributed by atoms with Gasteiger partial charge >= 0.3 is 0 Å². The summed E-state index contributed by atoms with van der Waals surface area (Å²) in [6.45, 7) is 4.16. The van der Waals surface area contributed by atoms with E-state index in [4.69, 9.17) is 4.99 Å². The Morgan fingerprint density at radius 2 is 1.81 bits per heavy atom. The summed E-state index contributed by atoms with van der Waals surface area (Å²) in [4.78, 5) is 19.4. The largest absolute Gasteiger partial charge is 0.326 e. The summed E-state index contributed by atoms with van der Waals surface area (Å²) in [7, 11) is 0. The molecule has 1 spiro atoms. The second kappa shape index (κ2) is 6.65. The average molecular weight is 351 g/mol. The molecule has 1 saturated heterocycles. The number of amides is 1. The highest BCUT2D eigenvalue weighted by molar-refractivity contribution is 6.46. The lowest BCUT2D eigenvalue weighted by Crippen LogP contribution is -2.50. The molecule has 2 aliphatic heterocycles. The fraction of sp³-hybridized carbons (Fsp3) is 0.333. The topological polar surface area (TPSA) is 44.7 Å². The van der Waals surface area contributed by atoms with Gasteiger partial charge in [-0.25, -0.2) is 4.39 Å². The molecule has 4 nitrogen and oxygen atoms in total. The Hall–Kier alpha value is -2.53. The van der Waals surface area contributed by atoms with Gasteiger partial charge in [0, 0.05) is 43.6 Å². The number of halogens is 1. The van der Waals surface area contributed by atoms with E-state index in [0.717, 1.165) is 37.1 Å². The van der Waals surface area contributed by atoms with Crippen molar-refractivity contribution in [3.8, 4) is 0 Å². The molecule has 134 valence electrons. The van der Waals surface area contributed by atoms with E-state index in [2.05, 4.69) is 10.2 Å². The fourth-order valence-electron chi connectivity index (χ4n) is 3.66. The van der Waals surface area contributed by atoms with E-state index in [9.17, 15) is 9.18 Å². The lowest BCUT2D eigenvalue weighted by atomic mass is 9.97. The summed E-state index contributed by atoms with van der Waals surface area (Å²) in [5.41, 5.74) is 2.74. The number of aryl methyl sites for hydroxylation is 1. The molecule has 0 radical (unpaired) electrons. The van der Waals surface area contributed by atoms with Crippen molar-refractivity contribution in [3.05, 3.63) is 71.0 Å². The molecule has 0 aromatic heterocycles.